The predicted molar refractivity (Wildman–Crippen MR) is 72.2 cm³/mol. The molecule has 0 aromatic heterocycles. The van der Waals surface area contributed by atoms with Gasteiger partial charge in [0.2, 0.25) is 0 Å². The van der Waals surface area contributed by atoms with Crippen molar-refractivity contribution >= 4 is 0 Å². The summed E-state index contributed by atoms with van der Waals surface area (Å²) in [5.74, 6) is 0. The molecule has 1 rings (SSSR count). The fourth-order valence-electron chi connectivity index (χ4n) is 2.24. The summed E-state index contributed by atoms with van der Waals surface area (Å²) in [6.07, 6.45) is 6.94. The van der Waals surface area contributed by atoms with Crippen LogP contribution in [-0.2, 0) is 21.3 Å². The Bertz CT molecular complexity index is 496. The fourth-order valence-corrected chi connectivity index (χ4v) is 8.19. The first-order valence-corrected chi connectivity index (χ1v) is 16.8. The summed E-state index contributed by atoms with van der Waals surface area (Å²) >= 11 is -5.97. The molecule has 0 saturated carbocycles. The normalized spacial score (nSPS) is 28.9. The molecule has 1 aliphatic rings. The Morgan fingerprint density at radius 1 is 0.882 bits per heavy atom. The van der Waals surface area contributed by atoms with Gasteiger partial charge in [-0.15, -0.1) is 0 Å². The quantitative estimate of drug-likeness (QED) is 0.705. The molecule has 0 aliphatic heterocycles. The first kappa shape index (κ1) is 15.1. The molecule has 4 heteroatoms. The van der Waals surface area contributed by atoms with Gasteiger partial charge in [0.25, 0.3) is 0 Å². The second kappa shape index (κ2) is 1.72. The van der Waals surface area contributed by atoms with E-state index < -0.39 is 11.3 Å². The van der Waals surface area contributed by atoms with Crippen molar-refractivity contribution in [3.63, 3.8) is 0 Å². The van der Waals surface area contributed by atoms with Gasteiger partial charge in [-0.2, -0.15) is 0 Å². The van der Waals surface area contributed by atoms with Gasteiger partial charge < -0.3 is 0 Å². The van der Waals surface area contributed by atoms with Crippen LogP contribution in [0.2, 0.25) is 26.1 Å². The number of hydrogen-bond acceptors (Lipinski definition) is 3. The van der Waals surface area contributed by atoms with Crippen LogP contribution in [0, 0.1) is 0 Å². The second-order valence-electron chi connectivity index (χ2n) is 11.8. The molecule has 0 atom stereocenters. The zero-order valence-corrected chi connectivity index (χ0v) is 14.2. The van der Waals surface area contributed by atoms with E-state index in [4.69, 9.17) is 9.96 Å². The molecule has 17 heavy (non-hydrogen) atoms. The van der Waals surface area contributed by atoms with Crippen LogP contribution in [0.3, 0.4) is 0 Å². The summed E-state index contributed by atoms with van der Waals surface area (Å²) in [4.78, 5) is 0. The van der Waals surface area contributed by atoms with Crippen molar-refractivity contribution in [1.29, 1.82) is 0 Å². The van der Waals surface area contributed by atoms with E-state index in [1.165, 1.54) is 0 Å². The number of hydrogen-bond donors (Lipinski definition) is 0. The average Bonchev–Trinajstić information content (AvgIpc) is 2.75. The van der Waals surface area contributed by atoms with Crippen LogP contribution in [0.5, 0.6) is 0 Å². The minimum absolute atomic E-state index is 0.773. The van der Waals surface area contributed by atoms with Gasteiger partial charge in [-0.3, -0.25) is 0 Å². The fraction of sp³-hybridized carbons (Fsp3) is 0.692. The Morgan fingerprint density at radius 2 is 1.29 bits per heavy atom. The van der Waals surface area contributed by atoms with Gasteiger partial charge in [-0.25, -0.2) is 0 Å². The van der Waals surface area contributed by atoms with Crippen LogP contribution >= 0.6 is 0 Å². The molecule has 0 N–H and O–H groups in total. The van der Waals surface area contributed by atoms with Crippen molar-refractivity contribution in [3.05, 3.63) is 22.1 Å². The summed E-state index contributed by atoms with van der Waals surface area (Å²) < 4.78 is 19.8. The molecule has 0 radical (unpaired) electrons. The van der Waals surface area contributed by atoms with Crippen LogP contribution in [0.1, 0.15) is 6.42 Å². The summed E-state index contributed by atoms with van der Waals surface area (Å²) in [6.45, 7) is 0. The molecule has 0 saturated heterocycles. The molecular weight excluding hydrogens is 252 g/mol. The van der Waals surface area contributed by atoms with Crippen LogP contribution in [0.25, 0.3) is 0 Å². The molecule has 0 aromatic rings. The van der Waals surface area contributed by atoms with Crippen LogP contribution < -0.4 is 0 Å². The standard InChI is InChI=1S/C5H5.3CH3O.5CH3.Ti/c1-2-4-5-3-1;3*1-2;;;;;;/h1-3H,4H2;3*1H3;5*1H3;/q;3*-1;;;;;;+3. The minimum atomic E-state index is -5.97. The van der Waals surface area contributed by atoms with E-state index in [0.717, 1.165) is 10.3 Å². The molecule has 0 amide bonds. The monoisotopic (exact) mass is 281 g/mol. The van der Waals surface area contributed by atoms with Crippen molar-refractivity contribution < 1.29 is 21.3 Å². The van der Waals surface area contributed by atoms with E-state index in [9.17, 15) is 0 Å². The molecule has 0 heterocycles. The molecular formula is C13H29O3Ti. The predicted octanol–water partition coefficient (Wildman–Crippen LogP) is 4.59. The van der Waals surface area contributed by atoms with E-state index in [1.807, 2.05) is 32.2 Å². The number of rotatable bonds is 4. The van der Waals surface area contributed by atoms with Crippen molar-refractivity contribution in [1.82, 2.24) is 0 Å². The van der Waals surface area contributed by atoms with Gasteiger partial charge in [0.15, 0.2) is 0 Å². The van der Waals surface area contributed by atoms with Gasteiger partial charge in [-0.1, -0.05) is 0 Å². The molecule has 0 spiro atoms. The van der Waals surface area contributed by atoms with Crippen molar-refractivity contribution in [3.8, 4) is 0 Å². The Labute approximate surface area is 97.2 Å². The van der Waals surface area contributed by atoms with Gasteiger partial charge in [0, 0.05) is 0 Å². The third-order valence-electron chi connectivity index (χ3n) is 6.64. The summed E-state index contributed by atoms with van der Waals surface area (Å²) in [5.41, 5.74) is 0. The van der Waals surface area contributed by atoms with Crippen molar-refractivity contribution in [2.45, 2.75) is 32.6 Å². The first-order chi connectivity index (χ1) is 7.00. The summed E-state index contributed by atoms with van der Waals surface area (Å²) in [6, 6.07) is 0. The maximum atomic E-state index is 6.26. The molecule has 0 unspecified atom stereocenters. The van der Waals surface area contributed by atoms with E-state index >= 15 is 0 Å². The molecule has 0 aromatic carbocycles. The van der Waals surface area contributed by atoms with Crippen molar-refractivity contribution in [2.24, 2.45) is 0 Å². The maximum absolute atomic E-state index is 6.26. The molecule has 0 fully saturated rings. The van der Waals surface area contributed by atoms with E-state index in [2.05, 4.69) is 12.2 Å². The van der Waals surface area contributed by atoms with Crippen LogP contribution in [0.15, 0.2) is 22.1 Å². The average molecular weight is 281 g/mol. The van der Waals surface area contributed by atoms with E-state index in [-0.39, 0.29) is 0 Å². The third kappa shape index (κ3) is 1.44. The summed E-state index contributed by atoms with van der Waals surface area (Å²) in [5, 5.41) is 10.1. The molecule has 1 aliphatic carbocycles. The van der Waals surface area contributed by atoms with E-state index in [1.54, 1.807) is 21.3 Å². The van der Waals surface area contributed by atoms with Crippen molar-refractivity contribution in [2.75, 3.05) is 21.3 Å². The first-order valence-electron chi connectivity index (χ1n) is 6.30. The second-order valence-corrected chi connectivity index (χ2v) is 45.5. The van der Waals surface area contributed by atoms with Gasteiger partial charge in [-0.05, 0) is 0 Å². The van der Waals surface area contributed by atoms with E-state index in [0.29, 0.717) is 0 Å². The molecule has 0 bridgehead atoms. The topological polar surface area (TPSA) is 27.7 Å². The molecule has 103 valence electrons. The summed E-state index contributed by atoms with van der Waals surface area (Å²) in [7, 11) is 5.03. The van der Waals surface area contributed by atoms with Crippen LogP contribution in [-0.4, -0.2) is 21.3 Å². The van der Waals surface area contributed by atoms with Crippen LogP contribution in [0.4, 0.5) is 0 Å². The Balaban J connectivity index is 4.16. The number of allylic oxidation sites excluding steroid dienone is 4. The van der Waals surface area contributed by atoms with Gasteiger partial charge >= 0.3 is 97.3 Å². The molecule has 3 nitrogen and oxygen atoms in total. The SMILES string of the molecule is C[O][Ti]([CH3])([CH3])([CH3])([CH3])([CH3])([O]C)([O]C)[C]1=CC=CC1. The Hall–Kier alpha value is 0.0743. The zero-order chi connectivity index (χ0) is 13.9. The third-order valence-corrected chi connectivity index (χ3v) is 25.5. The van der Waals surface area contributed by atoms with Gasteiger partial charge in [0.1, 0.15) is 0 Å². The van der Waals surface area contributed by atoms with Gasteiger partial charge in [0.05, 0.1) is 0 Å². The Kier molecular flexibility index (Phi) is 1.53. The Morgan fingerprint density at radius 3 is 1.53 bits per heavy atom. The zero-order valence-electron chi connectivity index (χ0n) is 12.7.